The van der Waals surface area contributed by atoms with Crippen LogP contribution in [0.5, 0.6) is 0 Å². The van der Waals surface area contributed by atoms with Crippen molar-refractivity contribution in [1.82, 2.24) is 4.98 Å². The van der Waals surface area contributed by atoms with E-state index in [0.29, 0.717) is 6.54 Å². The molecule has 0 aliphatic heterocycles. The first-order valence-electron chi connectivity index (χ1n) is 5.11. The molecule has 2 aromatic rings. The van der Waals surface area contributed by atoms with Gasteiger partial charge in [-0.3, -0.25) is 0 Å². The number of para-hydroxylation sites is 2. The number of aromatic nitrogens is 2. The van der Waals surface area contributed by atoms with Crippen LogP contribution in [-0.4, -0.2) is 10.1 Å². The Morgan fingerprint density at radius 3 is 2.88 bits per heavy atom. The van der Waals surface area contributed by atoms with Crippen LogP contribution in [0.25, 0.3) is 11.0 Å². The molecule has 0 aliphatic carbocycles. The Bertz CT molecular complexity index is 531. The molecule has 4 heteroatoms. The van der Waals surface area contributed by atoms with Gasteiger partial charge < -0.3 is 5.11 Å². The number of H-pyrrole nitrogens is 1. The summed E-state index contributed by atoms with van der Waals surface area (Å²) in [6.07, 6.45) is -0.528. The number of hydrogen-bond acceptors (Lipinski definition) is 1. The molecule has 1 heterocycles. The van der Waals surface area contributed by atoms with Crippen LogP contribution in [-0.2, 0) is 6.54 Å². The summed E-state index contributed by atoms with van der Waals surface area (Å²) in [5.41, 5.74) is 2.09. The quantitative estimate of drug-likeness (QED) is 0.834. The molecule has 0 saturated heterocycles. The molecule has 16 heavy (non-hydrogen) atoms. The molecule has 2 rings (SSSR count). The minimum Gasteiger partial charge on any atom is -0.381 e. The van der Waals surface area contributed by atoms with Crippen molar-refractivity contribution >= 4 is 27.0 Å². The summed E-state index contributed by atoms with van der Waals surface area (Å²) >= 11 is 3.35. The van der Waals surface area contributed by atoms with Gasteiger partial charge >= 0.3 is 0 Å². The highest BCUT2D eigenvalue weighted by molar-refractivity contribution is 9.11. The number of benzene rings is 1. The highest BCUT2D eigenvalue weighted by atomic mass is 79.9. The number of halogens is 1. The van der Waals surface area contributed by atoms with Crippen molar-refractivity contribution < 1.29 is 9.67 Å². The minimum absolute atomic E-state index is 0.528. The second kappa shape index (κ2) is 4.39. The second-order valence-electron chi connectivity index (χ2n) is 3.81. The summed E-state index contributed by atoms with van der Waals surface area (Å²) < 4.78 is 2.90. The van der Waals surface area contributed by atoms with Crippen LogP contribution in [0.1, 0.15) is 18.9 Å². The number of hydrogen-bond donors (Lipinski definition) is 2. The van der Waals surface area contributed by atoms with Gasteiger partial charge in [-0.15, -0.1) is 0 Å². The van der Waals surface area contributed by atoms with Crippen molar-refractivity contribution in [2.75, 3.05) is 0 Å². The number of nitrogens with zero attached hydrogens (tertiary/aromatic N) is 1. The van der Waals surface area contributed by atoms with E-state index in [1.54, 1.807) is 6.92 Å². The van der Waals surface area contributed by atoms with Crippen LogP contribution < -0.4 is 4.57 Å². The summed E-state index contributed by atoms with van der Waals surface area (Å²) in [4.78, 5) is 3.22. The molecule has 1 unspecified atom stereocenters. The lowest BCUT2D eigenvalue weighted by Gasteiger charge is -2.02. The van der Waals surface area contributed by atoms with Crippen LogP contribution >= 0.6 is 15.9 Å². The summed E-state index contributed by atoms with van der Waals surface area (Å²) in [5.74, 6) is 0.793. The average Bonchev–Trinajstić information content (AvgIpc) is 2.57. The molecule has 1 atom stereocenters. The van der Waals surface area contributed by atoms with Gasteiger partial charge in [-0.25, -0.2) is 9.55 Å². The average molecular weight is 282 g/mol. The predicted molar refractivity (Wildman–Crippen MR) is 67.2 cm³/mol. The molecular formula is C12H14BrN2O+. The Morgan fingerprint density at radius 1 is 1.56 bits per heavy atom. The maximum atomic E-state index is 9.72. The number of aliphatic hydroxyl groups is 1. The fourth-order valence-electron chi connectivity index (χ4n) is 1.82. The van der Waals surface area contributed by atoms with Crippen LogP contribution in [0.2, 0.25) is 0 Å². The monoisotopic (exact) mass is 281 g/mol. The molecule has 0 aliphatic rings. The van der Waals surface area contributed by atoms with Crippen molar-refractivity contribution in [3.63, 3.8) is 0 Å². The fourth-order valence-corrected chi connectivity index (χ4v) is 2.07. The van der Waals surface area contributed by atoms with Gasteiger partial charge in [0, 0.05) is 4.48 Å². The van der Waals surface area contributed by atoms with Gasteiger partial charge in [-0.1, -0.05) is 34.6 Å². The molecule has 2 N–H and O–H groups in total. The largest absolute Gasteiger partial charge is 0.381 e. The molecule has 0 spiro atoms. The minimum atomic E-state index is -0.528. The van der Waals surface area contributed by atoms with E-state index in [-0.39, 0.29) is 0 Å². The van der Waals surface area contributed by atoms with Gasteiger partial charge in [0.05, 0.1) is 0 Å². The summed E-state index contributed by atoms with van der Waals surface area (Å²) in [5, 5.41) is 9.72. The van der Waals surface area contributed by atoms with Gasteiger partial charge in [-0.05, 0) is 19.1 Å². The smallest absolute Gasteiger partial charge is 0.284 e. The third-order valence-electron chi connectivity index (χ3n) is 2.47. The van der Waals surface area contributed by atoms with Crippen LogP contribution in [0, 0.1) is 0 Å². The number of imidazole rings is 1. The topological polar surface area (TPSA) is 39.9 Å². The van der Waals surface area contributed by atoms with Gasteiger partial charge in [0.15, 0.2) is 17.1 Å². The first-order chi connectivity index (χ1) is 7.59. The molecule has 3 nitrogen and oxygen atoms in total. The molecule has 0 bridgehead atoms. The first kappa shape index (κ1) is 11.4. The van der Waals surface area contributed by atoms with Gasteiger partial charge in [-0.2, -0.15) is 0 Å². The lowest BCUT2D eigenvalue weighted by Crippen LogP contribution is -2.38. The molecule has 1 aromatic heterocycles. The lowest BCUT2D eigenvalue weighted by molar-refractivity contribution is -0.672. The summed E-state index contributed by atoms with van der Waals surface area (Å²) in [6, 6.07) is 7.97. The third-order valence-corrected chi connectivity index (χ3v) is 2.72. The number of aromatic amines is 1. The molecule has 1 aromatic carbocycles. The highest BCUT2D eigenvalue weighted by Gasteiger charge is 2.21. The number of fused-ring (bicyclic) bond motifs is 1. The molecule has 84 valence electrons. The van der Waals surface area contributed by atoms with E-state index in [2.05, 4.69) is 27.5 Å². The van der Waals surface area contributed by atoms with Crippen molar-refractivity contribution in [2.24, 2.45) is 0 Å². The van der Waals surface area contributed by atoms with Crippen LogP contribution in [0.15, 0.2) is 35.3 Å². The zero-order valence-corrected chi connectivity index (χ0v) is 10.7. The van der Waals surface area contributed by atoms with Crippen molar-refractivity contribution in [2.45, 2.75) is 19.6 Å². The molecule has 0 fully saturated rings. The van der Waals surface area contributed by atoms with Crippen LogP contribution in [0.3, 0.4) is 0 Å². The second-order valence-corrected chi connectivity index (χ2v) is 4.93. The fraction of sp³-hybridized carbons (Fsp3) is 0.250. The zero-order valence-electron chi connectivity index (χ0n) is 9.07. The number of aliphatic hydroxyl groups excluding tert-OH is 1. The van der Waals surface area contributed by atoms with Gasteiger partial charge in [0.1, 0.15) is 6.54 Å². The Balaban J connectivity index is 2.64. The van der Waals surface area contributed by atoms with Crippen molar-refractivity contribution in [3.8, 4) is 0 Å². The van der Waals surface area contributed by atoms with E-state index in [4.69, 9.17) is 0 Å². The molecule has 0 amide bonds. The molecule has 0 saturated carbocycles. The zero-order chi connectivity index (χ0) is 11.7. The van der Waals surface area contributed by atoms with Crippen molar-refractivity contribution in [3.05, 3.63) is 41.2 Å². The van der Waals surface area contributed by atoms with E-state index < -0.39 is 6.10 Å². The standard InChI is InChI=1S/C12H13BrN2O/c1-8(13)7-15-11-6-4-3-5-10(11)14-12(15)9(2)16/h3-6,9,16H,1,7H2,2H3/p+1. The van der Waals surface area contributed by atoms with Gasteiger partial charge in [0.25, 0.3) is 5.82 Å². The summed E-state index contributed by atoms with van der Waals surface area (Å²) in [7, 11) is 0. The summed E-state index contributed by atoms with van der Waals surface area (Å²) in [6.45, 7) is 6.23. The lowest BCUT2D eigenvalue weighted by atomic mass is 10.3. The van der Waals surface area contributed by atoms with E-state index in [9.17, 15) is 5.11 Å². The molecule has 0 radical (unpaired) electrons. The molecular weight excluding hydrogens is 268 g/mol. The third kappa shape index (κ3) is 2.03. The van der Waals surface area contributed by atoms with Crippen molar-refractivity contribution in [1.29, 1.82) is 0 Å². The first-order valence-corrected chi connectivity index (χ1v) is 5.90. The predicted octanol–water partition coefficient (Wildman–Crippen LogP) is 2.42. The maximum Gasteiger partial charge on any atom is 0.284 e. The van der Waals surface area contributed by atoms with E-state index in [0.717, 1.165) is 21.3 Å². The van der Waals surface area contributed by atoms with E-state index in [1.165, 1.54) is 0 Å². The van der Waals surface area contributed by atoms with Gasteiger partial charge in [0.2, 0.25) is 0 Å². The Kier molecular flexibility index (Phi) is 3.12. The Labute approximate surface area is 103 Å². The highest BCUT2D eigenvalue weighted by Crippen LogP contribution is 2.15. The Morgan fingerprint density at radius 2 is 2.25 bits per heavy atom. The number of rotatable bonds is 3. The number of nitrogens with one attached hydrogen (secondary N) is 1. The SMILES string of the molecule is C=C(Br)C[n+]1c(C(C)O)[nH]c2ccccc21. The normalized spacial score (nSPS) is 12.9. The van der Waals surface area contributed by atoms with E-state index in [1.807, 2.05) is 28.8 Å². The maximum absolute atomic E-state index is 9.72. The van der Waals surface area contributed by atoms with E-state index >= 15 is 0 Å². The van der Waals surface area contributed by atoms with Crippen LogP contribution in [0.4, 0.5) is 0 Å². The Hall–Kier alpha value is -1.13. The number of allylic oxidation sites excluding steroid dienone is 1.